The number of aryl methyl sites for hydroxylation is 1. The Balaban J connectivity index is 0.889. The van der Waals surface area contributed by atoms with E-state index in [1.807, 2.05) is 43.8 Å². The molecular weight excluding hydrogens is 853 g/mol. The quantitative estimate of drug-likeness (QED) is 0.186. The highest BCUT2D eigenvalue weighted by Gasteiger charge is 2.72. The first-order valence-corrected chi connectivity index (χ1v) is 26.0. The van der Waals surface area contributed by atoms with Crippen molar-refractivity contribution in [1.82, 2.24) is 19.9 Å². The zero-order valence-corrected chi connectivity index (χ0v) is 41.2. The Morgan fingerprint density at radius 2 is 0.643 bits per heavy atom. The standard InChI is InChI=1S/C65H60N4O/c1-40-36-66-58(67-37-40)42-10-8-41(9-11-42)44-14-20-50-51-21-15-45(33-55(51)64(54(50)32-44)60(2)24-6-26-61(64,3)27-7-25-60)46-16-22-52-53-23-17-47(48-38-68-59(69-39-48)43-12-18-49(70)19-13-43)35-57(53)65(56(52)34-46)62(4)28-30-63(65,5)31-29-62/h8-23,32-39,70H,6-7,24-31H2,1-5H3. The van der Waals surface area contributed by atoms with E-state index in [-0.39, 0.29) is 38.2 Å². The highest BCUT2D eigenvalue weighted by Crippen LogP contribution is 2.79. The Bertz CT molecular complexity index is 3400. The lowest BCUT2D eigenvalue weighted by atomic mass is 9.38. The largest absolute Gasteiger partial charge is 0.508 e. The Hall–Kier alpha value is -6.72. The van der Waals surface area contributed by atoms with Gasteiger partial charge in [0.1, 0.15) is 5.75 Å². The third kappa shape index (κ3) is 5.39. The number of nitrogens with zero attached hydrogens (tertiary/aromatic N) is 4. The Morgan fingerprint density at radius 1 is 0.343 bits per heavy atom. The van der Waals surface area contributed by atoms with Crippen molar-refractivity contribution in [3.8, 4) is 84.2 Å². The van der Waals surface area contributed by atoms with Crippen molar-refractivity contribution < 1.29 is 5.11 Å². The van der Waals surface area contributed by atoms with Gasteiger partial charge in [0.2, 0.25) is 0 Å². The van der Waals surface area contributed by atoms with Gasteiger partial charge < -0.3 is 5.11 Å². The van der Waals surface area contributed by atoms with E-state index in [1.54, 1.807) is 23.3 Å². The molecule has 6 aromatic carbocycles. The topological polar surface area (TPSA) is 71.8 Å². The molecule has 0 saturated heterocycles. The van der Waals surface area contributed by atoms with Gasteiger partial charge in [0.15, 0.2) is 11.6 Å². The van der Waals surface area contributed by atoms with Crippen LogP contribution in [0.1, 0.15) is 120 Å². The minimum Gasteiger partial charge on any atom is -0.508 e. The van der Waals surface area contributed by atoms with Gasteiger partial charge in [0.25, 0.3) is 0 Å². The SMILES string of the molecule is Cc1cnc(-c2ccc(-c3ccc4c(c3)C3(c5cc(-c6ccc7c(c6)C6(c8cc(-c9cnc(-c%10ccc(O)cc%10)nc9)ccc8-7)C7(C)CCC6(C)CC7)ccc5-4)C4(C)CCCC3(C)CCC4)cc2)nc1. The van der Waals surface area contributed by atoms with Gasteiger partial charge in [-0.2, -0.15) is 0 Å². The van der Waals surface area contributed by atoms with Crippen molar-refractivity contribution in [2.75, 3.05) is 0 Å². The predicted octanol–water partition coefficient (Wildman–Crippen LogP) is 16.1. The molecule has 4 fully saturated rings. The zero-order valence-electron chi connectivity index (χ0n) is 41.2. The Morgan fingerprint density at radius 3 is 1.04 bits per heavy atom. The number of aromatic nitrogens is 4. The number of fused-ring (bicyclic) bond motifs is 6. The molecule has 0 aliphatic heterocycles. The summed E-state index contributed by atoms with van der Waals surface area (Å²) in [5.74, 6) is 1.67. The van der Waals surface area contributed by atoms with Crippen LogP contribution >= 0.6 is 0 Å². The minimum absolute atomic E-state index is 0.0923. The molecule has 2 spiro atoms. The average Bonchev–Trinajstić information content (AvgIpc) is 4.02. The molecule has 2 heterocycles. The fourth-order valence-electron chi connectivity index (χ4n) is 16.9. The van der Waals surface area contributed by atoms with Crippen LogP contribution in [0, 0.1) is 28.6 Å². The molecule has 0 amide bonds. The third-order valence-electron chi connectivity index (χ3n) is 20.0. The van der Waals surface area contributed by atoms with Crippen molar-refractivity contribution >= 4 is 0 Å². The van der Waals surface area contributed by atoms with Crippen LogP contribution in [-0.2, 0) is 10.8 Å². The van der Waals surface area contributed by atoms with Gasteiger partial charge in [-0.05, 0) is 206 Å². The average molecular weight is 913 g/mol. The molecule has 5 nitrogen and oxygen atoms in total. The molecule has 1 N–H and O–H groups in total. The van der Waals surface area contributed by atoms with Gasteiger partial charge in [-0.1, -0.05) is 113 Å². The van der Waals surface area contributed by atoms with Crippen molar-refractivity contribution in [3.05, 3.63) is 174 Å². The molecule has 0 radical (unpaired) electrons. The van der Waals surface area contributed by atoms with Gasteiger partial charge >= 0.3 is 0 Å². The van der Waals surface area contributed by atoms with Crippen LogP contribution in [0.4, 0.5) is 0 Å². The second-order valence-electron chi connectivity index (χ2n) is 23.5. The maximum Gasteiger partial charge on any atom is 0.159 e. The molecule has 70 heavy (non-hydrogen) atoms. The number of hydrogen-bond donors (Lipinski definition) is 1. The Kier molecular flexibility index (Phi) is 8.70. The lowest BCUT2D eigenvalue weighted by Gasteiger charge is -2.65. The van der Waals surface area contributed by atoms with Gasteiger partial charge in [0.05, 0.1) is 0 Å². The summed E-state index contributed by atoms with van der Waals surface area (Å²) < 4.78 is 0. The molecule has 0 unspecified atom stereocenters. The highest BCUT2D eigenvalue weighted by molar-refractivity contribution is 5.90. The van der Waals surface area contributed by atoms with E-state index in [4.69, 9.17) is 9.97 Å². The molecule has 346 valence electrons. The molecule has 5 heteroatoms. The first kappa shape index (κ1) is 42.2. The maximum absolute atomic E-state index is 9.86. The van der Waals surface area contributed by atoms with Gasteiger partial charge in [0, 0.05) is 52.3 Å². The van der Waals surface area contributed by atoms with Gasteiger partial charge in [-0.25, -0.2) is 19.9 Å². The summed E-state index contributed by atoms with van der Waals surface area (Å²) in [4.78, 5) is 18.9. The molecular formula is C65H60N4O. The highest BCUT2D eigenvalue weighted by atomic mass is 16.3. The molecule has 4 saturated carbocycles. The smallest absolute Gasteiger partial charge is 0.159 e. The summed E-state index contributed by atoms with van der Waals surface area (Å²) in [5.41, 5.74) is 22.6. The summed E-state index contributed by atoms with van der Waals surface area (Å²) in [7, 11) is 0. The van der Waals surface area contributed by atoms with Crippen LogP contribution in [-0.4, -0.2) is 25.0 Å². The number of phenols is 1. The van der Waals surface area contributed by atoms with Crippen LogP contribution in [0.2, 0.25) is 0 Å². The summed E-state index contributed by atoms with van der Waals surface area (Å²) >= 11 is 0. The minimum atomic E-state index is -0.0964. The second-order valence-corrected chi connectivity index (χ2v) is 23.5. The van der Waals surface area contributed by atoms with E-state index in [2.05, 4.69) is 135 Å². The number of rotatable bonds is 5. The summed E-state index contributed by atoms with van der Waals surface area (Å²) in [5, 5.41) is 9.86. The van der Waals surface area contributed by atoms with E-state index in [0.717, 1.165) is 28.1 Å². The monoisotopic (exact) mass is 912 g/mol. The maximum atomic E-state index is 9.86. The van der Waals surface area contributed by atoms with Crippen LogP contribution in [0.3, 0.4) is 0 Å². The molecule has 2 aromatic heterocycles. The third-order valence-corrected chi connectivity index (χ3v) is 20.0. The number of hydrogen-bond acceptors (Lipinski definition) is 5. The molecule has 14 rings (SSSR count). The van der Waals surface area contributed by atoms with E-state index in [9.17, 15) is 5.11 Å². The number of benzene rings is 6. The number of phenolic OH excluding ortho intramolecular Hbond substituents is 1. The molecule has 6 aliphatic carbocycles. The van der Waals surface area contributed by atoms with Crippen LogP contribution < -0.4 is 0 Å². The van der Waals surface area contributed by atoms with Crippen molar-refractivity contribution in [2.45, 2.75) is 110 Å². The van der Waals surface area contributed by atoms with E-state index in [1.165, 1.54) is 125 Å². The summed E-state index contributed by atoms with van der Waals surface area (Å²) in [6.45, 7) is 12.6. The van der Waals surface area contributed by atoms with Crippen molar-refractivity contribution in [2.24, 2.45) is 21.7 Å². The fourth-order valence-corrected chi connectivity index (χ4v) is 16.9. The lowest BCUT2D eigenvalue weighted by molar-refractivity contribution is -0.0628. The molecule has 6 aliphatic rings. The van der Waals surface area contributed by atoms with Crippen LogP contribution in [0.25, 0.3) is 78.4 Å². The molecule has 8 aromatic rings. The summed E-state index contributed by atoms with van der Waals surface area (Å²) in [6, 6.07) is 45.9. The Labute approximate surface area is 412 Å². The van der Waals surface area contributed by atoms with Gasteiger partial charge in [-0.3, -0.25) is 0 Å². The number of aromatic hydroxyl groups is 1. The first-order chi connectivity index (χ1) is 33.9. The van der Waals surface area contributed by atoms with E-state index < -0.39 is 0 Å². The molecule has 0 atom stereocenters. The predicted molar refractivity (Wildman–Crippen MR) is 282 cm³/mol. The van der Waals surface area contributed by atoms with Gasteiger partial charge in [-0.15, -0.1) is 0 Å². The first-order valence-electron chi connectivity index (χ1n) is 26.0. The second kappa shape index (κ2) is 14.4. The van der Waals surface area contributed by atoms with Crippen molar-refractivity contribution in [1.29, 1.82) is 0 Å². The van der Waals surface area contributed by atoms with Crippen LogP contribution in [0.15, 0.2) is 146 Å². The van der Waals surface area contributed by atoms with Crippen LogP contribution in [0.5, 0.6) is 5.75 Å². The summed E-state index contributed by atoms with van der Waals surface area (Å²) in [6.07, 6.45) is 20.3. The zero-order chi connectivity index (χ0) is 47.4. The van der Waals surface area contributed by atoms with Crippen molar-refractivity contribution in [3.63, 3.8) is 0 Å². The van der Waals surface area contributed by atoms with E-state index in [0.29, 0.717) is 5.82 Å². The van der Waals surface area contributed by atoms with E-state index >= 15 is 0 Å². The molecule has 4 bridgehead atoms. The fraction of sp³-hybridized carbons (Fsp3) is 0.323. The lowest BCUT2D eigenvalue weighted by Crippen LogP contribution is -2.59. The normalized spacial score (nSPS) is 28.5.